The minimum absolute atomic E-state index is 0.687. The fraction of sp³-hybridized carbons (Fsp3) is 0. The zero-order valence-corrected chi connectivity index (χ0v) is 28.2. The van der Waals surface area contributed by atoms with Crippen LogP contribution in [0.1, 0.15) is 0 Å². The van der Waals surface area contributed by atoms with Crippen LogP contribution in [0.15, 0.2) is 188 Å². The number of pyridine rings is 1. The molecule has 10 aromatic rings. The highest BCUT2D eigenvalue weighted by atomic mass is 14.9. The Bertz CT molecular complexity index is 2880. The molecule has 3 nitrogen and oxygen atoms in total. The van der Waals surface area contributed by atoms with E-state index in [0.717, 1.165) is 44.9 Å². The lowest BCUT2D eigenvalue weighted by Gasteiger charge is -2.17. The number of aromatic nitrogens is 3. The number of hydrogen-bond acceptors (Lipinski definition) is 3. The van der Waals surface area contributed by atoms with E-state index in [1.54, 1.807) is 0 Å². The summed E-state index contributed by atoms with van der Waals surface area (Å²) in [6.07, 6.45) is 1.83. The van der Waals surface area contributed by atoms with Crippen LogP contribution in [0, 0.1) is 0 Å². The topological polar surface area (TPSA) is 38.7 Å². The van der Waals surface area contributed by atoms with Crippen molar-refractivity contribution in [1.29, 1.82) is 0 Å². The molecule has 0 spiro atoms. The molecule has 2 heterocycles. The lowest BCUT2D eigenvalue weighted by molar-refractivity contribution is 1.18. The molecule has 0 unspecified atom stereocenters. The molecule has 10 rings (SSSR count). The molecule has 242 valence electrons. The van der Waals surface area contributed by atoms with E-state index in [4.69, 9.17) is 9.97 Å². The van der Waals surface area contributed by atoms with Crippen LogP contribution >= 0.6 is 0 Å². The van der Waals surface area contributed by atoms with Gasteiger partial charge < -0.3 is 0 Å². The second-order valence-corrected chi connectivity index (χ2v) is 13.2. The number of hydrogen-bond donors (Lipinski definition) is 0. The molecule has 0 atom stereocenters. The van der Waals surface area contributed by atoms with E-state index in [2.05, 4.69) is 163 Å². The van der Waals surface area contributed by atoms with Gasteiger partial charge in [-0.25, -0.2) is 9.97 Å². The Morgan fingerprint density at radius 2 is 0.808 bits per heavy atom. The summed E-state index contributed by atoms with van der Waals surface area (Å²) in [7, 11) is 0. The summed E-state index contributed by atoms with van der Waals surface area (Å²) in [6, 6.07) is 64.3. The van der Waals surface area contributed by atoms with Crippen LogP contribution < -0.4 is 0 Å². The molecule has 8 aromatic carbocycles. The number of benzene rings is 8. The van der Waals surface area contributed by atoms with Crippen molar-refractivity contribution in [2.24, 2.45) is 0 Å². The summed E-state index contributed by atoms with van der Waals surface area (Å²) in [4.78, 5) is 14.9. The molecule has 0 radical (unpaired) electrons. The summed E-state index contributed by atoms with van der Waals surface area (Å²) in [5.41, 5.74) is 11.6. The monoisotopic (exact) mass is 661 g/mol. The van der Waals surface area contributed by atoms with Crippen molar-refractivity contribution in [2.75, 3.05) is 0 Å². The van der Waals surface area contributed by atoms with Crippen LogP contribution in [-0.4, -0.2) is 15.0 Å². The van der Waals surface area contributed by atoms with E-state index in [9.17, 15) is 0 Å². The molecule has 2 aromatic heterocycles. The van der Waals surface area contributed by atoms with Crippen molar-refractivity contribution < 1.29 is 0 Å². The first kappa shape index (κ1) is 29.9. The highest BCUT2D eigenvalue weighted by Gasteiger charge is 2.17. The van der Waals surface area contributed by atoms with Gasteiger partial charge in [-0.3, -0.25) is 4.98 Å². The van der Waals surface area contributed by atoms with Crippen LogP contribution in [0.2, 0.25) is 0 Å². The number of nitrogens with zero attached hydrogens (tertiary/aromatic N) is 3. The summed E-state index contributed by atoms with van der Waals surface area (Å²) >= 11 is 0. The van der Waals surface area contributed by atoms with Crippen LogP contribution in [-0.2, 0) is 0 Å². The molecular weight excluding hydrogens is 631 g/mol. The van der Waals surface area contributed by atoms with Crippen molar-refractivity contribution in [3.63, 3.8) is 0 Å². The quantitative estimate of drug-likeness (QED) is 0.166. The molecule has 0 saturated heterocycles. The van der Waals surface area contributed by atoms with E-state index in [1.165, 1.54) is 49.0 Å². The van der Waals surface area contributed by atoms with Gasteiger partial charge in [0, 0.05) is 28.5 Å². The fourth-order valence-corrected chi connectivity index (χ4v) is 7.60. The van der Waals surface area contributed by atoms with Crippen molar-refractivity contribution in [3.05, 3.63) is 188 Å². The highest BCUT2D eigenvalue weighted by Crippen LogP contribution is 2.43. The first-order valence-corrected chi connectivity index (χ1v) is 17.6. The highest BCUT2D eigenvalue weighted by molar-refractivity contribution is 6.27. The minimum Gasteiger partial charge on any atom is -0.256 e. The van der Waals surface area contributed by atoms with Gasteiger partial charge in [-0.2, -0.15) is 0 Å². The summed E-state index contributed by atoms with van der Waals surface area (Å²) in [5, 5.41) is 7.63. The van der Waals surface area contributed by atoms with Gasteiger partial charge in [0.1, 0.15) is 0 Å². The molecular formula is C49H31N3. The Morgan fingerprint density at radius 3 is 1.46 bits per heavy atom. The van der Waals surface area contributed by atoms with Gasteiger partial charge in [0.25, 0.3) is 0 Å². The molecule has 0 fully saturated rings. The summed E-state index contributed by atoms with van der Waals surface area (Å²) in [5.74, 6) is 0.687. The smallest absolute Gasteiger partial charge is 0.160 e. The average Bonchev–Trinajstić information content (AvgIpc) is 3.23. The second-order valence-electron chi connectivity index (χ2n) is 13.2. The predicted octanol–water partition coefficient (Wildman–Crippen LogP) is 12.8. The maximum Gasteiger partial charge on any atom is 0.160 e. The van der Waals surface area contributed by atoms with E-state index in [1.807, 2.05) is 30.5 Å². The first-order chi connectivity index (χ1) is 25.8. The molecule has 0 aliphatic heterocycles. The van der Waals surface area contributed by atoms with Crippen LogP contribution in [0.4, 0.5) is 0 Å². The zero-order chi connectivity index (χ0) is 34.4. The van der Waals surface area contributed by atoms with Gasteiger partial charge in [0.05, 0.1) is 17.1 Å². The van der Waals surface area contributed by atoms with Gasteiger partial charge in [-0.05, 0) is 84.9 Å². The Hall–Kier alpha value is -6.97. The molecule has 52 heavy (non-hydrogen) atoms. The third kappa shape index (κ3) is 5.19. The lowest BCUT2D eigenvalue weighted by Crippen LogP contribution is -1.96. The standard InChI is InChI=1S/C49H31N3/c1-3-11-32(12-4-1)40-24-20-34-23-27-43-41(25-21-35-22-26-42(40)47(34)48(35)43)36-15-9-18-39(29-36)49-51-45(33-13-5-2-6-14-33)31-46(52-49)38-17-10-16-37(30-38)44-19-7-8-28-50-44/h1-31H. The van der Waals surface area contributed by atoms with Gasteiger partial charge in [-0.15, -0.1) is 0 Å². The van der Waals surface area contributed by atoms with Crippen LogP contribution in [0.5, 0.6) is 0 Å². The Balaban J connectivity index is 1.13. The normalized spacial score (nSPS) is 11.5. The maximum absolute atomic E-state index is 5.20. The van der Waals surface area contributed by atoms with Gasteiger partial charge in [0.2, 0.25) is 0 Å². The third-order valence-electron chi connectivity index (χ3n) is 10.1. The Kier molecular flexibility index (Phi) is 7.14. The molecule has 3 heteroatoms. The maximum atomic E-state index is 5.20. The van der Waals surface area contributed by atoms with Gasteiger partial charge in [-0.1, -0.05) is 152 Å². The Labute approximate surface area is 301 Å². The molecule has 0 aliphatic rings. The fourth-order valence-electron chi connectivity index (χ4n) is 7.60. The summed E-state index contributed by atoms with van der Waals surface area (Å²) < 4.78 is 0. The van der Waals surface area contributed by atoms with Crippen molar-refractivity contribution in [3.8, 4) is 67.4 Å². The summed E-state index contributed by atoms with van der Waals surface area (Å²) in [6.45, 7) is 0. The van der Waals surface area contributed by atoms with Gasteiger partial charge >= 0.3 is 0 Å². The Morgan fingerprint density at radius 1 is 0.308 bits per heavy atom. The third-order valence-corrected chi connectivity index (χ3v) is 10.1. The van der Waals surface area contributed by atoms with E-state index < -0.39 is 0 Å². The van der Waals surface area contributed by atoms with Crippen molar-refractivity contribution in [1.82, 2.24) is 15.0 Å². The van der Waals surface area contributed by atoms with Crippen LogP contribution in [0.25, 0.3) is 99.7 Å². The van der Waals surface area contributed by atoms with Crippen molar-refractivity contribution >= 4 is 32.3 Å². The van der Waals surface area contributed by atoms with Gasteiger partial charge in [0.15, 0.2) is 5.82 Å². The van der Waals surface area contributed by atoms with Crippen molar-refractivity contribution in [2.45, 2.75) is 0 Å². The largest absolute Gasteiger partial charge is 0.256 e. The predicted molar refractivity (Wildman–Crippen MR) is 216 cm³/mol. The van der Waals surface area contributed by atoms with E-state index in [0.29, 0.717) is 5.82 Å². The molecule has 0 amide bonds. The molecule has 0 saturated carbocycles. The van der Waals surface area contributed by atoms with E-state index >= 15 is 0 Å². The van der Waals surface area contributed by atoms with Crippen LogP contribution in [0.3, 0.4) is 0 Å². The lowest BCUT2D eigenvalue weighted by atomic mass is 9.87. The first-order valence-electron chi connectivity index (χ1n) is 17.6. The molecule has 0 bridgehead atoms. The number of rotatable bonds is 6. The SMILES string of the molecule is c1ccc(-c2cc(-c3cccc(-c4ccccn4)c3)nc(-c3cccc(-c4ccc5ccc6c(-c7ccccc7)ccc7ccc4c5c76)c3)n2)cc1. The zero-order valence-electron chi connectivity index (χ0n) is 28.2. The molecule has 0 aliphatic carbocycles. The van der Waals surface area contributed by atoms with E-state index in [-0.39, 0.29) is 0 Å². The molecule has 0 N–H and O–H groups in total. The average molecular weight is 662 g/mol. The minimum atomic E-state index is 0.687. The second kappa shape index (κ2) is 12.4.